The molecule has 1 atom stereocenters. The Balaban J connectivity index is 2.51. The fraction of sp³-hybridized carbons (Fsp3) is 0.0909. The van der Waals surface area contributed by atoms with Crippen molar-refractivity contribution in [3.05, 3.63) is 53.6 Å². The Morgan fingerprint density at radius 3 is 2.47 bits per heavy atom. The average Bonchev–Trinajstić information content (AvgIpc) is 2.57. The van der Waals surface area contributed by atoms with E-state index in [4.69, 9.17) is 34.8 Å². The maximum Gasteiger partial charge on any atom is 0.109 e. The van der Waals surface area contributed by atoms with Gasteiger partial charge >= 0.3 is 0 Å². The fourth-order valence-electron chi connectivity index (χ4n) is 1.47. The van der Waals surface area contributed by atoms with Crippen LogP contribution >= 0.6 is 62.1 Å². The van der Waals surface area contributed by atoms with Crippen LogP contribution in [0.4, 0.5) is 0 Å². The number of thiophene rings is 1. The molecule has 1 unspecified atom stereocenters. The van der Waals surface area contributed by atoms with Crippen LogP contribution in [0.15, 0.2) is 28.7 Å². The summed E-state index contributed by atoms with van der Waals surface area (Å²) in [7, 11) is 0. The van der Waals surface area contributed by atoms with Crippen LogP contribution in [0.25, 0.3) is 0 Å². The van der Waals surface area contributed by atoms with Gasteiger partial charge in [-0.25, -0.2) is 0 Å². The van der Waals surface area contributed by atoms with Gasteiger partial charge in [-0.05, 0) is 18.2 Å². The van der Waals surface area contributed by atoms with Gasteiger partial charge in [0.05, 0.1) is 4.34 Å². The first kappa shape index (κ1) is 13.7. The lowest BCUT2D eigenvalue weighted by atomic mass is 10.0. The van der Waals surface area contributed by atoms with Crippen molar-refractivity contribution in [1.82, 2.24) is 0 Å². The quantitative estimate of drug-likeness (QED) is 0.732. The van der Waals surface area contributed by atoms with Crippen molar-refractivity contribution in [3.63, 3.8) is 0 Å². The Morgan fingerprint density at radius 1 is 1.24 bits per heavy atom. The molecule has 1 aromatic heterocycles. The molecule has 0 radical (unpaired) electrons. The second-order valence-electron chi connectivity index (χ2n) is 3.32. The van der Waals surface area contributed by atoms with Gasteiger partial charge < -0.3 is 5.11 Å². The molecule has 0 fully saturated rings. The van der Waals surface area contributed by atoms with Gasteiger partial charge in [0.1, 0.15) is 10.4 Å². The molecular weight excluding hydrogens is 366 g/mol. The molecule has 0 bridgehead atoms. The molecule has 1 nitrogen and oxygen atoms in total. The Morgan fingerprint density at radius 2 is 1.94 bits per heavy atom. The number of rotatable bonds is 2. The zero-order valence-electron chi connectivity index (χ0n) is 8.25. The van der Waals surface area contributed by atoms with E-state index in [1.165, 1.54) is 11.3 Å². The van der Waals surface area contributed by atoms with Gasteiger partial charge in [-0.15, -0.1) is 11.3 Å². The number of hydrogen-bond donors (Lipinski definition) is 1. The third-order valence-corrected chi connectivity index (χ3v) is 4.79. The summed E-state index contributed by atoms with van der Waals surface area (Å²) in [5, 5.41) is 10.8. The lowest BCUT2D eigenvalue weighted by Gasteiger charge is -2.13. The molecule has 0 aliphatic heterocycles. The molecule has 0 amide bonds. The van der Waals surface area contributed by atoms with Crippen molar-refractivity contribution in [1.29, 1.82) is 0 Å². The third-order valence-electron chi connectivity index (χ3n) is 2.25. The lowest BCUT2D eigenvalue weighted by Crippen LogP contribution is -2.00. The largest absolute Gasteiger partial charge is 0.383 e. The van der Waals surface area contributed by atoms with Crippen molar-refractivity contribution in [2.75, 3.05) is 0 Å². The summed E-state index contributed by atoms with van der Waals surface area (Å²) in [6.45, 7) is 0. The monoisotopic (exact) mass is 370 g/mol. The molecule has 1 N–H and O–H groups in total. The fourth-order valence-corrected chi connectivity index (χ4v) is 3.96. The minimum Gasteiger partial charge on any atom is -0.383 e. The van der Waals surface area contributed by atoms with Crippen LogP contribution < -0.4 is 0 Å². The van der Waals surface area contributed by atoms with Crippen molar-refractivity contribution >= 4 is 62.1 Å². The summed E-state index contributed by atoms with van der Waals surface area (Å²) < 4.78 is 1.73. The zero-order valence-corrected chi connectivity index (χ0v) is 12.9. The average molecular weight is 372 g/mol. The zero-order chi connectivity index (χ0) is 12.6. The van der Waals surface area contributed by atoms with Gasteiger partial charge in [0.25, 0.3) is 0 Å². The van der Waals surface area contributed by atoms with Crippen molar-refractivity contribution < 1.29 is 5.11 Å². The summed E-state index contributed by atoms with van der Waals surface area (Å²) in [4.78, 5) is 0. The summed E-state index contributed by atoms with van der Waals surface area (Å²) in [5.74, 6) is 0. The van der Waals surface area contributed by atoms with Crippen LogP contribution in [0.2, 0.25) is 13.7 Å². The predicted octanol–water partition coefficient (Wildman–Crippen LogP) is 5.55. The highest BCUT2D eigenvalue weighted by Gasteiger charge is 2.21. The topological polar surface area (TPSA) is 20.2 Å². The highest BCUT2D eigenvalue weighted by molar-refractivity contribution is 9.10. The van der Waals surface area contributed by atoms with Crippen molar-refractivity contribution in [2.24, 2.45) is 0 Å². The van der Waals surface area contributed by atoms with E-state index in [-0.39, 0.29) is 0 Å². The van der Waals surface area contributed by atoms with Crippen LogP contribution in [0, 0.1) is 0 Å². The summed E-state index contributed by atoms with van der Waals surface area (Å²) in [6, 6.07) is 6.97. The van der Waals surface area contributed by atoms with E-state index in [1.807, 2.05) is 6.07 Å². The van der Waals surface area contributed by atoms with Gasteiger partial charge in [0.2, 0.25) is 0 Å². The van der Waals surface area contributed by atoms with Crippen LogP contribution in [-0.2, 0) is 0 Å². The Hall–Kier alpha value is 0.230. The molecule has 2 rings (SSSR count). The van der Waals surface area contributed by atoms with Gasteiger partial charge in [-0.2, -0.15) is 0 Å². The molecule has 0 spiro atoms. The first-order chi connectivity index (χ1) is 8.00. The van der Waals surface area contributed by atoms with E-state index >= 15 is 0 Å². The minimum absolute atomic E-state index is 0.467. The molecule has 1 heterocycles. The normalized spacial score (nSPS) is 12.8. The predicted molar refractivity (Wildman–Crippen MR) is 77.6 cm³/mol. The van der Waals surface area contributed by atoms with E-state index in [9.17, 15) is 5.11 Å². The summed E-state index contributed by atoms with van der Waals surface area (Å²) in [5.41, 5.74) is 1.15. The van der Waals surface area contributed by atoms with Gasteiger partial charge in [0, 0.05) is 20.6 Å². The number of benzene rings is 1. The third kappa shape index (κ3) is 2.80. The molecule has 0 saturated heterocycles. The van der Waals surface area contributed by atoms with E-state index in [0.717, 1.165) is 4.47 Å². The van der Waals surface area contributed by atoms with Gasteiger partial charge in [0.15, 0.2) is 0 Å². The van der Waals surface area contributed by atoms with E-state index in [0.29, 0.717) is 24.8 Å². The summed E-state index contributed by atoms with van der Waals surface area (Å²) in [6.07, 6.45) is -0.894. The maximum atomic E-state index is 10.3. The van der Waals surface area contributed by atoms with Crippen LogP contribution in [0.3, 0.4) is 0 Å². The van der Waals surface area contributed by atoms with E-state index in [1.54, 1.807) is 18.2 Å². The second-order valence-corrected chi connectivity index (χ2v) is 6.86. The first-order valence-corrected chi connectivity index (χ1v) is 7.31. The number of hydrogen-bond acceptors (Lipinski definition) is 2. The molecule has 0 aliphatic rings. The van der Waals surface area contributed by atoms with Crippen LogP contribution in [-0.4, -0.2) is 5.11 Å². The van der Waals surface area contributed by atoms with Crippen molar-refractivity contribution in [2.45, 2.75) is 6.10 Å². The lowest BCUT2D eigenvalue weighted by molar-refractivity contribution is 0.220. The molecule has 0 aliphatic carbocycles. The molecule has 6 heteroatoms. The highest BCUT2D eigenvalue weighted by Crippen LogP contribution is 2.41. The first-order valence-electron chi connectivity index (χ1n) is 4.57. The molecule has 0 saturated carbocycles. The van der Waals surface area contributed by atoms with Gasteiger partial charge in [-0.1, -0.05) is 56.8 Å². The number of aliphatic hydroxyl groups is 1. The molecule has 90 valence electrons. The van der Waals surface area contributed by atoms with Crippen LogP contribution in [0.5, 0.6) is 0 Å². The van der Waals surface area contributed by atoms with Crippen LogP contribution in [0.1, 0.15) is 17.2 Å². The molecule has 2 aromatic rings. The van der Waals surface area contributed by atoms with E-state index in [2.05, 4.69) is 15.9 Å². The Labute approximate surface area is 126 Å². The molecule has 1 aromatic carbocycles. The Bertz CT molecular complexity index is 535. The molecular formula is C11H6BrCl3OS. The second kappa shape index (κ2) is 5.47. The Kier molecular flexibility index (Phi) is 4.40. The van der Waals surface area contributed by atoms with E-state index < -0.39 is 6.10 Å². The van der Waals surface area contributed by atoms with Gasteiger partial charge in [-0.3, -0.25) is 0 Å². The summed E-state index contributed by atoms with van der Waals surface area (Å²) >= 11 is 22.5. The molecule has 17 heavy (non-hydrogen) atoms. The van der Waals surface area contributed by atoms with Crippen molar-refractivity contribution in [3.8, 4) is 0 Å². The highest BCUT2D eigenvalue weighted by atomic mass is 79.9. The maximum absolute atomic E-state index is 10.3. The SMILES string of the molecule is OC(c1cc(Cl)sc1Cl)c1c(Cl)cccc1Br. The number of aliphatic hydroxyl groups excluding tert-OH is 1. The smallest absolute Gasteiger partial charge is 0.109 e. The standard InChI is InChI=1S/C11H6BrCl3OS/c12-6-2-1-3-7(13)9(6)10(16)5-4-8(14)17-11(5)15/h1-4,10,16H. The minimum atomic E-state index is -0.894. The number of halogens is 4.